The van der Waals surface area contributed by atoms with Crippen LogP contribution < -0.4 is 5.32 Å². The Morgan fingerprint density at radius 1 is 1.00 bits per heavy atom. The van der Waals surface area contributed by atoms with E-state index in [1.807, 2.05) is 18.2 Å². The Labute approximate surface area is 131 Å². The van der Waals surface area contributed by atoms with Crippen LogP contribution >= 0.6 is 11.8 Å². The fourth-order valence-corrected chi connectivity index (χ4v) is 2.62. The lowest BCUT2D eigenvalue weighted by Gasteiger charge is -2.09. The van der Waals surface area contributed by atoms with Gasteiger partial charge in [-0.3, -0.25) is 0 Å². The molecule has 0 heterocycles. The number of hydrogen-bond acceptors (Lipinski definition) is 3. The molecule has 2 nitrogen and oxygen atoms in total. The molecule has 0 atom stereocenters. The van der Waals surface area contributed by atoms with Crippen molar-refractivity contribution in [2.75, 3.05) is 5.94 Å². The summed E-state index contributed by atoms with van der Waals surface area (Å²) in [4.78, 5) is 1.26. The van der Waals surface area contributed by atoms with E-state index in [0.29, 0.717) is 18.6 Å². The van der Waals surface area contributed by atoms with E-state index in [4.69, 9.17) is 4.74 Å². The Bertz CT molecular complexity index is 528. The third-order valence-corrected chi connectivity index (χ3v) is 3.91. The van der Waals surface area contributed by atoms with E-state index in [1.165, 1.54) is 16.0 Å². The summed E-state index contributed by atoms with van der Waals surface area (Å²) in [5, 5.41) is 3.44. The SMILES string of the molecule is CC(C)NCc1cccc(SCOCc2ccccc2)c1. The highest BCUT2D eigenvalue weighted by molar-refractivity contribution is 7.99. The predicted octanol–water partition coefficient (Wildman–Crippen LogP) is 4.45. The van der Waals surface area contributed by atoms with Crippen LogP contribution in [-0.4, -0.2) is 12.0 Å². The maximum Gasteiger partial charge on any atom is 0.0971 e. The molecule has 0 amide bonds. The van der Waals surface area contributed by atoms with Gasteiger partial charge < -0.3 is 10.1 Å². The van der Waals surface area contributed by atoms with E-state index in [2.05, 4.69) is 55.6 Å². The normalized spacial score (nSPS) is 11.0. The van der Waals surface area contributed by atoms with Crippen LogP contribution in [0.15, 0.2) is 59.5 Å². The van der Waals surface area contributed by atoms with Crippen LogP contribution in [0.25, 0.3) is 0 Å². The summed E-state index contributed by atoms with van der Waals surface area (Å²) in [6, 6.07) is 19.4. The third-order valence-electron chi connectivity index (χ3n) is 3.03. The summed E-state index contributed by atoms with van der Waals surface area (Å²) < 4.78 is 5.71. The Balaban J connectivity index is 1.74. The Morgan fingerprint density at radius 2 is 1.76 bits per heavy atom. The van der Waals surface area contributed by atoms with Gasteiger partial charge in [0.1, 0.15) is 0 Å². The first-order chi connectivity index (χ1) is 10.2. The Hall–Kier alpha value is -1.29. The molecule has 2 aromatic rings. The van der Waals surface area contributed by atoms with Gasteiger partial charge in [-0.05, 0) is 23.3 Å². The molecule has 0 aliphatic rings. The van der Waals surface area contributed by atoms with Crippen molar-refractivity contribution in [3.63, 3.8) is 0 Å². The average molecular weight is 301 g/mol. The van der Waals surface area contributed by atoms with Gasteiger partial charge in [-0.1, -0.05) is 68.1 Å². The summed E-state index contributed by atoms with van der Waals surface area (Å²) in [5.41, 5.74) is 2.53. The lowest BCUT2D eigenvalue weighted by molar-refractivity contribution is 0.169. The molecule has 3 heteroatoms. The molecule has 0 aromatic heterocycles. The summed E-state index contributed by atoms with van der Waals surface area (Å²) in [6.45, 7) is 5.91. The highest BCUT2D eigenvalue weighted by Gasteiger charge is 1.99. The largest absolute Gasteiger partial charge is 0.366 e. The zero-order chi connectivity index (χ0) is 14.9. The van der Waals surface area contributed by atoms with Crippen LogP contribution in [0.5, 0.6) is 0 Å². The molecule has 0 unspecified atom stereocenters. The van der Waals surface area contributed by atoms with E-state index in [-0.39, 0.29) is 0 Å². The fourth-order valence-electron chi connectivity index (χ4n) is 1.91. The van der Waals surface area contributed by atoms with Crippen LogP contribution in [-0.2, 0) is 17.9 Å². The van der Waals surface area contributed by atoms with Gasteiger partial charge in [0, 0.05) is 17.5 Å². The first kappa shape index (κ1) is 16.1. The first-order valence-corrected chi connectivity index (χ1v) is 8.29. The highest BCUT2D eigenvalue weighted by Crippen LogP contribution is 2.20. The highest BCUT2D eigenvalue weighted by atomic mass is 32.2. The monoisotopic (exact) mass is 301 g/mol. The number of nitrogens with one attached hydrogen (secondary N) is 1. The number of rotatable bonds is 8. The summed E-state index contributed by atoms with van der Waals surface area (Å²) in [5.74, 6) is 0.677. The molecule has 0 spiro atoms. The second kappa shape index (κ2) is 8.88. The number of hydrogen-bond donors (Lipinski definition) is 1. The Kier molecular flexibility index (Phi) is 6.80. The van der Waals surface area contributed by atoms with E-state index in [0.717, 1.165) is 6.54 Å². The molecule has 2 aromatic carbocycles. The molecule has 0 aliphatic carbocycles. The van der Waals surface area contributed by atoms with E-state index in [1.54, 1.807) is 11.8 Å². The molecule has 112 valence electrons. The van der Waals surface area contributed by atoms with Crippen molar-refractivity contribution in [3.05, 3.63) is 65.7 Å². The van der Waals surface area contributed by atoms with Gasteiger partial charge in [0.25, 0.3) is 0 Å². The molecule has 0 fully saturated rings. The molecule has 0 saturated heterocycles. The first-order valence-electron chi connectivity index (χ1n) is 7.31. The third kappa shape index (κ3) is 6.34. The van der Waals surface area contributed by atoms with Gasteiger partial charge in [-0.25, -0.2) is 0 Å². The zero-order valence-corrected chi connectivity index (χ0v) is 13.5. The smallest absolute Gasteiger partial charge is 0.0971 e. The van der Waals surface area contributed by atoms with Gasteiger partial charge in [0.2, 0.25) is 0 Å². The second-order valence-electron chi connectivity index (χ2n) is 5.28. The van der Waals surface area contributed by atoms with E-state index >= 15 is 0 Å². The quantitative estimate of drug-likeness (QED) is 0.442. The van der Waals surface area contributed by atoms with Crippen molar-refractivity contribution in [1.29, 1.82) is 0 Å². The lowest BCUT2D eigenvalue weighted by atomic mass is 10.2. The minimum atomic E-state index is 0.510. The van der Waals surface area contributed by atoms with Crippen molar-refractivity contribution in [3.8, 4) is 0 Å². The van der Waals surface area contributed by atoms with E-state index in [9.17, 15) is 0 Å². The Morgan fingerprint density at radius 3 is 2.52 bits per heavy atom. The summed E-state index contributed by atoms with van der Waals surface area (Å²) in [7, 11) is 0. The molecule has 0 radical (unpaired) electrons. The van der Waals surface area contributed by atoms with Gasteiger partial charge in [0.15, 0.2) is 0 Å². The van der Waals surface area contributed by atoms with Crippen molar-refractivity contribution in [1.82, 2.24) is 5.32 Å². The standard InChI is InChI=1S/C18H23NOS/c1-15(2)19-12-17-9-6-10-18(11-17)21-14-20-13-16-7-4-3-5-8-16/h3-11,15,19H,12-14H2,1-2H3. The second-order valence-corrected chi connectivity index (χ2v) is 6.28. The van der Waals surface area contributed by atoms with Crippen molar-refractivity contribution in [2.24, 2.45) is 0 Å². The summed E-state index contributed by atoms with van der Waals surface area (Å²) in [6.07, 6.45) is 0. The van der Waals surface area contributed by atoms with Gasteiger partial charge in [0.05, 0.1) is 12.5 Å². The van der Waals surface area contributed by atoms with E-state index < -0.39 is 0 Å². The van der Waals surface area contributed by atoms with Gasteiger partial charge >= 0.3 is 0 Å². The van der Waals surface area contributed by atoms with Crippen LogP contribution in [0.4, 0.5) is 0 Å². The van der Waals surface area contributed by atoms with Crippen LogP contribution in [0.2, 0.25) is 0 Å². The number of ether oxygens (including phenoxy) is 1. The molecule has 1 N–H and O–H groups in total. The lowest BCUT2D eigenvalue weighted by Crippen LogP contribution is -2.21. The van der Waals surface area contributed by atoms with Crippen molar-refractivity contribution < 1.29 is 4.74 Å². The van der Waals surface area contributed by atoms with Crippen LogP contribution in [0.3, 0.4) is 0 Å². The number of benzene rings is 2. The molecule has 21 heavy (non-hydrogen) atoms. The fraction of sp³-hybridized carbons (Fsp3) is 0.333. The van der Waals surface area contributed by atoms with Crippen molar-refractivity contribution in [2.45, 2.75) is 37.9 Å². The van der Waals surface area contributed by atoms with Gasteiger partial charge in [-0.2, -0.15) is 0 Å². The minimum absolute atomic E-state index is 0.510. The number of thioether (sulfide) groups is 1. The maximum atomic E-state index is 5.71. The zero-order valence-electron chi connectivity index (χ0n) is 12.7. The average Bonchev–Trinajstić information content (AvgIpc) is 2.51. The minimum Gasteiger partial charge on any atom is -0.366 e. The maximum absolute atomic E-state index is 5.71. The molecule has 0 saturated carbocycles. The molecule has 0 bridgehead atoms. The molecular formula is C18H23NOS. The molecule has 0 aliphatic heterocycles. The van der Waals surface area contributed by atoms with Crippen LogP contribution in [0, 0.1) is 0 Å². The van der Waals surface area contributed by atoms with Crippen molar-refractivity contribution >= 4 is 11.8 Å². The van der Waals surface area contributed by atoms with Gasteiger partial charge in [-0.15, -0.1) is 0 Å². The topological polar surface area (TPSA) is 21.3 Å². The predicted molar refractivity (Wildman–Crippen MR) is 90.4 cm³/mol. The molecule has 2 rings (SSSR count). The van der Waals surface area contributed by atoms with Crippen LogP contribution in [0.1, 0.15) is 25.0 Å². The molecular weight excluding hydrogens is 278 g/mol. The summed E-state index contributed by atoms with van der Waals surface area (Å²) >= 11 is 1.74.